The highest BCUT2D eigenvalue weighted by molar-refractivity contribution is 9.10. The molecule has 5 nitrogen and oxygen atoms in total. The largest absolute Gasteiger partial charge is 0.328 e. The molecule has 1 unspecified atom stereocenters. The molecule has 0 aliphatic carbocycles. The minimum atomic E-state index is -0.566. The zero-order valence-electron chi connectivity index (χ0n) is 20.6. The Bertz CT molecular complexity index is 1430. The van der Waals surface area contributed by atoms with E-state index in [9.17, 15) is 14.0 Å². The Morgan fingerprint density at radius 1 is 1.03 bits per heavy atom. The van der Waals surface area contributed by atoms with Gasteiger partial charge in [0.1, 0.15) is 11.6 Å². The molecule has 3 aromatic carbocycles. The Morgan fingerprint density at radius 3 is 2.36 bits per heavy atom. The van der Waals surface area contributed by atoms with Gasteiger partial charge in [0.2, 0.25) is 0 Å². The molecule has 0 N–H and O–H groups in total. The van der Waals surface area contributed by atoms with Gasteiger partial charge in [0.25, 0.3) is 11.5 Å². The number of rotatable bonds is 8. The summed E-state index contributed by atoms with van der Waals surface area (Å²) in [7, 11) is 0. The lowest BCUT2D eigenvalue weighted by atomic mass is 10.0. The van der Waals surface area contributed by atoms with Gasteiger partial charge in [0, 0.05) is 11.0 Å². The second-order valence-corrected chi connectivity index (χ2v) is 10.1. The smallest absolute Gasteiger partial charge is 0.266 e. The molecule has 36 heavy (non-hydrogen) atoms. The van der Waals surface area contributed by atoms with Crippen molar-refractivity contribution in [1.29, 1.82) is 0 Å². The maximum absolute atomic E-state index is 14.7. The fraction of sp³-hybridized carbons (Fsp3) is 0.276. The van der Waals surface area contributed by atoms with Gasteiger partial charge in [0.05, 0.1) is 28.2 Å². The number of aromatic nitrogens is 2. The van der Waals surface area contributed by atoms with Gasteiger partial charge >= 0.3 is 0 Å². The summed E-state index contributed by atoms with van der Waals surface area (Å²) in [6, 6.07) is 20.1. The second-order valence-electron chi connectivity index (χ2n) is 9.19. The van der Waals surface area contributed by atoms with Crippen molar-refractivity contribution in [3.05, 3.63) is 105 Å². The minimum absolute atomic E-state index is 0.0121. The molecular weight excluding hydrogens is 521 g/mol. The van der Waals surface area contributed by atoms with Crippen molar-refractivity contribution in [1.82, 2.24) is 14.5 Å². The number of amides is 1. The molecule has 0 fully saturated rings. The first-order chi connectivity index (χ1) is 17.3. The number of carbonyl (C=O) groups excluding carboxylic acids is 1. The van der Waals surface area contributed by atoms with E-state index < -0.39 is 17.8 Å². The number of benzene rings is 3. The van der Waals surface area contributed by atoms with Crippen LogP contribution in [0.4, 0.5) is 4.39 Å². The molecule has 0 aliphatic heterocycles. The van der Waals surface area contributed by atoms with E-state index in [0.717, 1.165) is 10.9 Å². The van der Waals surface area contributed by atoms with Crippen LogP contribution in [0.2, 0.25) is 0 Å². The Hall–Kier alpha value is -3.32. The summed E-state index contributed by atoms with van der Waals surface area (Å²) in [5.74, 6) is -0.192. The Labute approximate surface area is 218 Å². The molecule has 4 aromatic rings. The molecule has 0 saturated heterocycles. The quantitative estimate of drug-likeness (QED) is 0.239. The highest BCUT2D eigenvalue weighted by Crippen LogP contribution is 2.29. The van der Waals surface area contributed by atoms with E-state index in [2.05, 4.69) is 29.8 Å². The predicted molar refractivity (Wildman–Crippen MR) is 145 cm³/mol. The summed E-state index contributed by atoms with van der Waals surface area (Å²) in [6.45, 7) is 6.53. The van der Waals surface area contributed by atoms with E-state index in [1.54, 1.807) is 33.7 Å². The maximum atomic E-state index is 14.7. The maximum Gasteiger partial charge on any atom is 0.266 e. The van der Waals surface area contributed by atoms with Crippen LogP contribution in [0.1, 0.15) is 55.8 Å². The highest BCUT2D eigenvalue weighted by Gasteiger charge is 2.30. The summed E-state index contributed by atoms with van der Waals surface area (Å²) in [5.41, 5.74) is 1.01. The van der Waals surface area contributed by atoms with Crippen molar-refractivity contribution in [2.24, 2.45) is 5.92 Å². The first-order valence-corrected chi connectivity index (χ1v) is 12.9. The SMILES string of the molecule is CCC(c1nc2ccccc2c(=O)n1-c1ccc(Br)cc1)N(CCC(C)C)C(=O)c1ccccc1F. The second kappa shape index (κ2) is 11.2. The third kappa shape index (κ3) is 5.26. The van der Waals surface area contributed by atoms with Gasteiger partial charge in [-0.05, 0) is 67.3 Å². The molecule has 0 radical (unpaired) electrons. The molecule has 0 aliphatic rings. The van der Waals surface area contributed by atoms with Crippen LogP contribution >= 0.6 is 15.9 Å². The monoisotopic (exact) mass is 549 g/mol. The first kappa shape index (κ1) is 25.8. The predicted octanol–water partition coefficient (Wildman–Crippen LogP) is 6.93. The average Bonchev–Trinajstić information content (AvgIpc) is 2.87. The van der Waals surface area contributed by atoms with E-state index in [0.29, 0.717) is 41.3 Å². The number of para-hydroxylation sites is 1. The van der Waals surface area contributed by atoms with Crippen molar-refractivity contribution < 1.29 is 9.18 Å². The van der Waals surface area contributed by atoms with Gasteiger partial charge in [-0.15, -0.1) is 0 Å². The van der Waals surface area contributed by atoms with E-state index in [1.165, 1.54) is 12.1 Å². The summed E-state index contributed by atoms with van der Waals surface area (Å²) >= 11 is 3.45. The number of carbonyl (C=O) groups is 1. The van der Waals surface area contributed by atoms with Crippen LogP contribution in [0.25, 0.3) is 16.6 Å². The molecule has 4 rings (SSSR count). The number of nitrogens with zero attached hydrogens (tertiary/aromatic N) is 3. The van der Waals surface area contributed by atoms with Crippen molar-refractivity contribution in [2.75, 3.05) is 6.54 Å². The molecule has 1 atom stereocenters. The molecule has 0 saturated carbocycles. The van der Waals surface area contributed by atoms with E-state index in [4.69, 9.17) is 4.98 Å². The molecule has 7 heteroatoms. The fourth-order valence-electron chi connectivity index (χ4n) is 4.34. The summed E-state index contributed by atoms with van der Waals surface area (Å²) in [6.07, 6.45) is 1.23. The van der Waals surface area contributed by atoms with Crippen molar-refractivity contribution in [2.45, 2.75) is 39.7 Å². The molecule has 1 amide bonds. The number of hydrogen-bond acceptors (Lipinski definition) is 3. The van der Waals surface area contributed by atoms with Crippen molar-refractivity contribution >= 4 is 32.7 Å². The molecule has 186 valence electrons. The molecule has 1 heterocycles. The van der Waals surface area contributed by atoms with Crippen LogP contribution in [0.15, 0.2) is 82.1 Å². The van der Waals surface area contributed by atoms with Crippen LogP contribution < -0.4 is 5.56 Å². The molecule has 0 bridgehead atoms. The lowest BCUT2D eigenvalue weighted by molar-refractivity contribution is 0.0644. The lowest BCUT2D eigenvalue weighted by Gasteiger charge is -2.33. The van der Waals surface area contributed by atoms with Crippen molar-refractivity contribution in [3.63, 3.8) is 0 Å². The fourth-order valence-corrected chi connectivity index (χ4v) is 4.61. The van der Waals surface area contributed by atoms with Gasteiger partial charge in [0.15, 0.2) is 0 Å². The Kier molecular flexibility index (Phi) is 7.99. The number of hydrogen-bond donors (Lipinski definition) is 0. The van der Waals surface area contributed by atoms with Crippen LogP contribution in [-0.2, 0) is 0 Å². The highest BCUT2D eigenvalue weighted by atomic mass is 79.9. The van der Waals surface area contributed by atoms with E-state index in [-0.39, 0.29) is 11.1 Å². The third-order valence-electron chi connectivity index (χ3n) is 6.26. The van der Waals surface area contributed by atoms with Crippen molar-refractivity contribution in [3.8, 4) is 5.69 Å². The summed E-state index contributed by atoms with van der Waals surface area (Å²) in [5, 5.41) is 0.494. The standard InChI is InChI=1S/C29H29BrFN3O2/c1-4-26(33(18-17-19(2)3)28(35)22-9-5-7-11-24(22)31)27-32-25-12-8-6-10-23(25)29(36)34(27)21-15-13-20(30)14-16-21/h5-16,19,26H,4,17-18H2,1-3H3. The Morgan fingerprint density at radius 2 is 1.69 bits per heavy atom. The minimum Gasteiger partial charge on any atom is -0.328 e. The molecule has 1 aromatic heterocycles. The van der Waals surface area contributed by atoms with Crippen LogP contribution in [0.5, 0.6) is 0 Å². The van der Waals surface area contributed by atoms with Gasteiger partial charge in [-0.1, -0.05) is 61.0 Å². The molecule has 0 spiro atoms. The number of fused-ring (bicyclic) bond motifs is 1. The van der Waals surface area contributed by atoms with Crippen LogP contribution in [0, 0.1) is 11.7 Å². The van der Waals surface area contributed by atoms with Crippen LogP contribution in [-0.4, -0.2) is 26.9 Å². The zero-order chi connectivity index (χ0) is 25.8. The normalized spacial score (nSPS) is 12.2. The summed E-state index contributed by atoms with van der Waals surface area (Å²) in [4.78, 5) is 34.1. The zero-order valence-corrected chi connectivity index (χ0v) is 22.2. The lowest BCUT2D eigenvalue weighted by Crippen LogP contribution is -2.39. The van der Waals surface area contributed by atoms with Gasteiger partial charge in [-0.2, -0.15) is 0 Å². The van der Waals surface area contributed by atoms with E-state index in [1.807, 2.05) is 43.3 Å². The third-order valence-corrected chi connectivity index (χ3v) is 6.79. The molecular formula is C29H29BrFN3O2. The number of halogens is 2. The van der Waals surface area contributed by atoms with E-state index >= 15 is 0 Å². The first-order valence-electron chi connectivity index (χ1n) is 12.1. The summed E-state index contributed by atoms with van der Waals surface area (Å²) < 4.78 is 17.2. The van der Waals surface area contributed by atoms with Gasteiger partial charge in [-0.25, -0.2) is 9.37 Å². The van der Waals surface area contributed by atoms with Gasteiger partial charge < -0.3 is 4.90 Å². The Balaban J connectivity index is 1.95. The van der Waals surface area contributed by atoms with Gasteiger partial charge in [-0.3, -0.25) is 14.2 Å². The average molecular weight is 550 g/mol. The topological polar surface area (TPSA) is 55.2 Å². The van der Waals surface area contributed by atoms with Crippen LogP contribution in [0.3, 0.4) is 0 Å².